The van der Waals surface area contributed by atoms with Crippen molar-refractivity contribution in [3.05, 3.63) is 32.7 Å². The number of rotatable bonds is 11. The van der Waals surface area contributed by atoms with Crippen molar-refractivity contribution in [1.29, 1.82) is 0 Å². The van der Waals surface area contributed by atoms with Crippen molar-refractivity contribution in [2.75, 3.05) is 0 Å². The summed E-state index contributed by atoms with van der Waals surface area (Å²) < 4.78 is 2.54. The van der Waals surface area contributed by atoms with Gasteiger partial charge in [0.1, 0.15) is 0 Å². The van der Waals surface area contributed by atoms with E-state index in [1.807, 2.05) is 0 Å². The number of unbranched alkanes of at least 4 members (excludes halogenated alkanes) is 6. The molecule has 0 unspecified atom stereocenters. The van der Waals surface area contributed by atoms with Crippen molar-refractivity contribution in [1.82, 2.24) is 0 Å². The van der Waals surface area contributed by atoms with Gasteiger partial charge in [-0.1, -0.05) is 103 Å². The van der Waals surface area contributed by atoms with Crippen LogP contribution in [0.15, 0.2) is 27.1 Å². The van der Waals surface area contributed by atoms with Crippen LogP contribution in [-0.4, -0.2) is 0 Å². The van der Waals surface area contributed by atoms with Crippen molar-refractivity contribution in [3.8, 4) is 0 Å². The standard InChI is InChI=1S/C19H30Br2/c1-3-5-7-9-12-16(13-10-8-6-4-2)19-17(20)14-11-15-18(19)21/h11,14-16H,3-10,12-13H2,1-2H3. The Labute approximate surface area is 148 Å². The summed E-state index contributed by atoms with van der Waals surface area (Å²) in [5.41, 5.74) is 1.49. The highest BCUT2D eigenvalue weighted by Crippen LogP contribution is 2.38. The van der Waals surface area contributed by atoms with Gasteiger partial charge in [0.2, 0.25) is 0 Å². The molecule has 1 aromatic rings. The second-order valence-corrected chi connectivity index (χ2v) is 7.74. The maximum absolute atomic E-state index is 3.76. The van der Waals surface area contributed by atoms with E-state index in [4.69, 9.17) is 0 Å². The summed E-state index contributed by atoms with van der Waals surface area (Å²) in [5, 5.41) is 0. The summed E-state index contributed by atoms with van der Waals surface area (Å²) in [4.78, 5) is 0. The molecule has 21 heavy (non-hydrogen) atoms. The molecule has 0 saturated carbocycles. The summed E-state index contributed by atoms with van der Waals surface area (Å²) in [6.45, 7) is 4.57. The molecule has 0 radical (unpaired) electrons. The summed E-state index contributed by atoms with van der Waals surface area (Å²) in [6.07, 6.45) is 13.5. The lowest BCUT2D eigenvalue weighted by atomic mass is 9.88. The Kier molecular flexibility index (Phi) is 10.7. The van der Waals surface area contributed by atoms with Gasteiger partial charge < -0.3 is 0 Å². The van der Waals surface area contributed by atoms with Gasteiger partial charge in [0.05, 0.1) is 0 Å². The molecule has 0 saturated heterocycles. The van der Waals surface area contributed by atoms with Crippen LogP contribution in [0.5, 0.6) is 0 Å². The molecule has 0 nitrogen and oxygen atoms in total. The van der Waals surface area contributed by atoms with Crippen LogP contribution in [0.1, 0.15) is 89.5 Å². The van der Waals surface area contributed by atoms with Crippen LogP contribution in [-0.2, 0) is 0 Å². The van der Waals surface area contributed by atoms with E-state index in [9.17, 15) is 0 Å². The first kappa shape index (κ1) is 19.2. The highest BCUT2D eigenvalue weighted by atomic mass is 79.9. The van der Waals surface area contributed by atoms with Gasteiger partial charge in [-0.3, -0.25) is 0 Å². The molecule has 0 atom stereocenters. The number of hydrogen-bond acceptors (Lipinski definition) is 0. The van der Waals surface area contributed by atoms with E-state index in [1.165, 1.54) is 78.7 Å². The Bertz CT molecular complexity index is 355. The molecule has 0 fully saturated rings. The fraction of sp³-hybridized carbons (Fsp3) is 0.684. The molecule has 0 heterocycles. The first-order chi connectivity index (χ1) is 10.2. The molecule has 0 aliphatic heterocycles. The van der Waals surface area contributed by atoms with Crippen LogP contribution in [0.2, 0.25) is 0 Å². The third kappa shape index (κ3) is 7.32. The van der Waals surface area contributed by atoms with Gasteiger partial charge in [-0.25, -0.2) is 0 Å². The van der Waals surface area contributed by atoms with Crippen LogP contribution >= 0.6 is 31.9 Å². The molecule has 2 heteroatoms. The molecule has 120 valence electrons. The minimum Gasteiger partial charge on any atom is -0.0654 e. The summed E-state index contributed by atoms with van der Waals surface area (Å²) >= 11 is 7.53. The van der Waals surface area contributed by atoms with Crippen molar-refractivity contribution >= 4 is 31.9 Å². The van der Waals surface area contributed by atoms with Crippen LogP contribution in [0.3, 0.4) is 0 Å². The first-order valence-corrected chi connectivity index (χ1v) is 10.2. The molecule has 0 spiro atoms. The molecule has 0 aliphatic rings. The fourth-order valence-corrected chi connectivity index (χ4v) is 4.61. The zero-order valence-corrected chi connectivity index (χ0v) is 16.8. The normalized spacial score (nSPS) is 11.3. The van der Waals surface area contributed by atoms with Gasteiger partial charge in [-0.15, -0.1) is 0 Å². The minimum absolute atomic E-state index is 0.698. The van der Waals surface area contributed by atoms with E-state index in [0.717, 1.165) is 0 Å². The second kappa shape index (κ2) is 11.7. The lowest BCUT2D eigenvalue weighted by molar-refractivity contribution is 0.494. The average Bonchev–Trinajstić information content (AvgIpc) is 2.47. The molecule has 0 N–H and O–H groups in total. The Morgan fingerprint density at radius 3 is 1.67 bits per heavy atom. The molecule has 0 aliphatic carbocycles. The lowest BCUT2D eigenvalue weighted by Gasteiger charge is -2.20. The summed E-state index contributed by atoms with van der Waals surface area (Å²) in [6, 6.07) is 6.49. The summed E-state index contributed by atoms with van der Waals surface area (Å²) in [5.74, 6) is 0.698. The molecule has 1 rings (SSSR count). The SMILES string of the molecule is CCCCCCC(CCCCCC)c1c(Br)cccc1Br. The highest BCUT2D eigenvalue weighted by molar-refractivity contribution is 9.11. The van der Waals surface area contributed by atoms with Gasteiger partial charge in [0.15, 0.2) is 0 Å². The van der Waals surface area contributed by atoms with Crippen molar-refractivity contribution < 1.29 is 0 Å². The predicted octanol–water partition coefficient (Wildman–Crippen LogP) is 8.24. The molecular formula is C19H30Br2. The molecule has 1 aromatic carbocycles. The fourth-order valence-electron chi connectivity index (χ4n) is 2.97. The molecular weight excluding hydrogens is 388 g/mol. The Hall–Kier alpha value is 0.180. The minimum atomic E-state index is 0.698. The van der Waals surface area contributed by atoms with Crippen molar-refractivity contribution in [2.45, 2.75) is 84.0 Å². The van der Waals surface area contributed by atoms with Crippen LogP contribution < -0.4 is 0 Å². The molecule has 0 aromatic heterocycles. The smallest absolute Gasteiger partial charge is 0.0221 e. The van der Waals surface area contributed by atoms with Gasteiger partial charge in [-0.2, -0.15) is 0 Å². The topological polar surface area (TPSA) is 0 Å². The number of hydrogen-bond donors (Lipinski definition) is 0. The van der Waals surface area contributed by atoms with Gasteiger partial charge >= 0.3 is 0 Å². The van der Waals surface area contributed by atoms with Crippen LogP contribution in [0, 0.1) is 0 Å². The Balaban J connectivity index is 2.65. The number of halogens is 2. The Morgan fingerprint density at radius 1 is 0.762 bits per heavy atom. The summed E-state index contributed by atoms with van der Waals surface area (Å²) in [7, 11) is 0. The molecule has 0 amide bonds. The van der Waals surface area contributed by atoms with E-state index in [0.29, 0.717) is 5.92 Å². The van der Waals surface area contributed by atoms with Gasteiger partial charge in [0, 0.05) is 8.95 Å². The Morgan fingerprint density at radius 2 is 1.24 bits per heavy atom. The van der Waals surface area contributed by atoms with E-state index >= 15 is 0 Å². The first-order valence-electron chi connectivity index (χ1n) is 8.64. The zero-order valence-electron chi connectivity index (χ0n) is 13.6. The maximum atomic E-state index is 3.76. The van der Waals surface area contributed by atoms with Crippen molar-refractivity contribution in [3.63, 3.8) is 0 Å². The van der Waals surface area contributed by atoms with E-state index in [1.54, 1.807) is 0 Å². The average molecular weight is 418 g/mol. The largest absolute Gasteiger partial charge is 0.0654 e. The van der Waals surface area contributed by atoms with Crippen LogP contribution in [0.4, 0.5) is 0 Å². The predicted molar refractivity (Wildman–Crippen MR) is 102 cm³/mol. The lowest BCUT2D eigenvalue weighted by Crippen LogP contribution is -2.02. The second-order valence-electron chi connectivity index (χ2n) is 6.03. The third-order valence-corrected chi connectivity index (χ3v) is 5.60. The van der Waals surface area contributed by atoms with Crippen LogP contribution in [0.25, 0.3) is 0 Å². The quantitative estimate of drug-likeness (QED) is 0.318. The highest BCUT2D eigenvalue weighted by Gasteiger charge is 2.17. The maximum Gasteiger partial charge on any atom is 0.0221 e. The molecule has 0 bridgehead atoms. The monoisotopic (exact) mass is 416 g/mol. The van der Waals surface area contributed by atoms with E-state index in [-0.39, 0.29) is 0 Å². The van der Waals surface area contributed by atoms with E-state index in [2.05, 4.69) is 63.9 Å². The zero-order chi connectivity index (χ0) is 15.5. The van der Waals surface area contributed by atoms with Crippen molar-refractivity contribution in [2.24, 2.45) is 0 Å². The van der Waals surface area contributed by atoms with Gasteiger partial charge in [0.25, 0.3) is 0 Å². The number of benzene rings is 1. The van der Waals surface area contributed by atoms with Gasteiger partial charge in [-0.05, 0) is 36.5 Å². The van der Waals surface area contributed by atoms with E-state index < -0.39 is 0 Å². The third-order valence-electron chi connectivity index (χ3n) is 4.22.